The maximum absolute atomic E-state index is 13.2. The van der Waals surface area contributed by atoms with Gasteiger partial charge in [-0.25, -0.2) is 4.39 Å². The molecule has 1 aliphatic rings. The Bertz CT molecular complexity index is 660. The summed E-state index contributed by atoms with van der Waals surface area (Å²) in [5.74, 6) is 0.202. The Kier molecular flexibility index (Phi) is 5.10. The van der Waals surface area contributed by atoms with Crippen molar-refractivity contribution in [1.82, 2.24) is 20.8 Å². The molecular formula is C14H16ClFN4O2. The van der Waals surface area contributed by atoms with Crippen molar-refractivity contribution in [2.75, 3.05) is 13.1 Å². The first-order valence-corrected chi connectivity index (χ1v) is 6.74. The van der Waals surface area contributed by atoms with Gasteiger partial charge < -0.3 is 15.2 Å². The second-order valence-corrected chi connectivity index (χ2v) is 5.05. The lowest BCUT2D eigenvalue weighted by Crippen LogP contribution is -2.51. The van der Waals surface area contributed by atoms with Crippen LogP contribution in [0.3, 0.4) is 0 Å². The van der Waals surface area contributed by atoms with Gasteiger partial charge in [-0.3, -0.25) is 4.79 Å². The van der Waals surface area contributed by atoms with E-state index in [-0.39, 0.29) is 36.1 Å². The van der Waals surface area contributed by atoms with Crippen molar-refractivity contribution < 1.29 is 13.7 Å². The quantitative estimate of drug-likeness (QED) is 0.894. The van der Waals surface area contributed by atoms with E-state index in [0.717, 1.165) is 0 Å². The van der Waals surface area contributed by atoms with Crippen LogP contribution in [-0.4, -0.2) is 29.1 Å². The molecule has 2 N–H and O–H groups in total. The molecule has 0 bridgehead atoms. The van der Waals surface area contributed by atoms with Crippen molar-refractivity contribution in [2.45, 2.75) is 13.0 Å². The average Bonchev–Trinajstić information content (AvgIpc) is 2.86. The first-order chi connectivity index (χ1) is 10.1. The van der Waals surface area contributed by atoms with E-state index in [2.05, 4.69) is 20.8 Å². The van der Waals surface area contributed by atoms with Gasteiger partial charge in [-0.15, -0.1) is 12.4 Å². The number of carbonyl (C=O) groups is 1. The lowest BCUT2D eigenvalue weighted by atomic mass is 10.0. The third-order valence-electron chi connectivity index (χ3n) is 3.41. The van der Waals surface area contributed by atoms with Gasteiger partial charge in [0.15, 0.2) is 0 Å². The summed E-state index contributed by atoms with van der Waals surface area (Å²) in [5.41, 5.74) is 0.534. The molecule has 0 aliphatic carbocycles. The third-order valence-corrected chi connectivity index (χ3v) is 3.41. The molecule has 118 valence electrons. The Labute approximate surface area is 132 Å². The fourth-order valence-electron chi connectivity index (χ4n) is 2.02. The Morgan fingerprint density at radius 3 is 2.91 bits per heavy atom. The van der Waals surface area contributed by atoms with Crippen LogP contribution in [0.25, 0.3) is 11.4 Å². The largest absolute Gasteiger partial charge is 0.344 e. The molecule has 2 heterocycles. The van der Waals surface area contributed by atoms with Gasteiger partial charge in [0, 0.05) is 18.7 Å². The summed E-state index contributed by atoms with van der Waals surface area (Å²) in [6.45, 7) is 3.15. The zero-order valence-electron chi connectivity index (χ0n) is 11.9. The zero-order chi connectivity index (χ0) is 14.8. The number of nitrogens with zero attached hydrogens (tertiary/aromatic N) is 2. The van der Waals surface area contributed by atoms with Crippen LogP contribution in [0.15, 0.2) is 28.8 Å². The Morgan fingerprint density at radius 1 is 1.50 bits per heavy atom. The van der Waals surface area contributed by atoms with Crippen molar-refractivity contribution >= 4 is 18.3 Å². The van der Waals surface area contributed by atoms with Crippen LogP contribution >= 0.6 is 12.4 Å². The average molecular weight is 327 g/mol. The van der Waals surface area contributed by atoms with E-state index in [1.807, 2.05) is 0 Å². The molecule has 1 aromatic carbocycles. The first-order valence-electron chi connectivity index (χ1n) is 6.74. The second kappa shape index (κ2) is 6.85. The summed E-state index contributed by atoms with van der Waals surface area (Å²) in [5, 5.41) is 9.68. The number of halogens is 2. The topological polar surface area (TPSA) is 80.0 Å². The van der Waals surface area contributed by atoms with Gasteiger partial charge >= 0.3 is 0 Å². The molecule has 2 aromatic rings. The van der Waals surface area contributed by atoms with E-state index in [9.17, 15) is 9.18 Å². The van der Waals surface area contributed by atoms with Crippen molar-refractivity contribution in [3.05, 3.63) is 36.0 Å². The molecule has 1 unspecified atom stereocenters. The summed E-state index contributed by atoms with van der Waals surface area (Å²) in [6, 6.07) is 5.57. The minimum atomic E-state index is -0.382. The number of amides is 1. The van der Waals surface area contributed by atoms with Crippen LogP contribution in [-0.2, 0) is 4.79 Å². The maximum atomic E-state index is 13.2. The first kappa shape index (κ1) is 16.4. The van der Waals surface area contributed by atoms with Crippen LogP contribution < -0.4 is 10.6 Å². The number of benzene rings is 1. The summed E-state index contributed by atoms with van der Waals surface area (Å²) >= 11 is 0. The van der Waals surface area contributed by atoms with Crippen molar-refractivity contribution in [3.8, 4) is 11.4 Å². The van der Waals surface area contributed by atoms with E-state index in [0.29, 0.717) is 30.4 Å². The predicted molar refractivity (Wildman–Crippen MR) is 79.9 cm³/mol. The number of nitrogens with one attached hydrogen (secondary N) is 2. The third kappa shape index (κ3) is 3.42. The van der Waals surface area contributed by atoms with Gasteiger partial charge in [-0.05, 0) is 19.1 Å². The Hall–Kier alpha value is -1.99. The summed E-state index contributed by atoms with van der Waals surface area (Å²) in [6.07, 6.45) is 0. The van der Waals surface area contributed by atoms with E-state index >= 15 is 0 Å². The highest BCUT2D eigenvalue weighted by Crippen LogP contribution is 2.19. The molecular weight excluding hydrogens is 311 g/mol. The molecule has 3 rings (SSSR count). The number of rotatable bonds is 4. The summed E-state index contributed by atoms with van der Waals surface area (Å²) in [7, 11) is 0. The standard InChI is InChI=1S/C14H15FN4O2.ClH/c1-8(17-13(20)10-6-16-7-10)14-18-12(19-21-14)9-3-2-4-11(15)5-9;/h2-5,8,10,16H,6-7H2,1H3,(H,17,20);1H. The Morgan fingerprint density at radius 2 is 2.27 bits per heavy atom. The molecule has 1 fully saturated rings. The molecule has 0 spiro atoms. The van der Waals surface area contributed by atoms with E-state index in [1.54, 1.807) is 19.1 Å². The van der Waals surface area contributed by atoms with Gasteiger partial charge in [-0.2, -0.15) is 4.98 Å². The highest BCUT2D eigenvalue weighted by Gasteiger charge is 2.27. The Balaban J connectivity index is 0.00000176. The smallest absolute Gasteiger partial charge is 0.249 e. The zero-order valence-corrected chi connectivity index (χ0v) is 12.7. The van der Waals surface area contributed by atoms with Gasteiger partial charge in [-0.1, -0.05) is 17.3 Å². The van der Waals surface area contributed by atoms with E-state index < -0.39 is 0 Å². The molecule has 1 amide bonds. The molecule has 1 saturated heterocycles. The monoisotopic (exact) mass is 326 g/mol. The van der Waals surface area contributed by atoms with E-state index in [1.165, 1.54) is 12.1 Å². The molecule has 22 heavy (non-hydrogen) atoms. The van der Waals surface area contributed by atoms with Crippen LogP contribution in [0, 0.1) is 11.7 Å². The molecule has 6 nitrogen and oxygen atoms in total. The summed E-state index contributed by atoms with van der Waals surface area (Å²) in [4.78, 5) is 16.0. The molecule has 1 aromatic heterocycles. The number of hydrogen-bond acceptors (Lipinski definition) is 5. The minimum absolute atomic E-state index is 0. The normalized spacial score (nSPS) is 15.5. The van der Waals surface area contributed by atoms with Crippen molar-refractivity contribution in [1.29, 1.82) is 0 Å². The lowest BCUT2D eigenvalue weighted by molar-refractivity contribution is -0.127. The molecule has 0 radical (unpaired) electrons. The fourth-order valence-corrected chi connectivity index (χ4v) is 2.02. The summed E-state index contributed by atoms with van der Waals surface area (Å²) < 4.78 is 18.3. The van der Waals surface area contributed by atoms with Crippen LogP contribution in [0.1, 0.15) is 18.9 Å². The predicted octanol–water partition coefficient (Wildman–Crippen LogP) is 1.69. The molecule has 1 atom stereocenters. The van der Waals surface area contributed by atoms with Crippen LogP contribution in [0.2, 0.25) is 0 Å². The molecule has 1 aliphatic heterocycles. The van der Waals surface area contributed by atoms with Gasteiger partial charge in [0.05, 0.1) is 5.92 Å². The number of hydrogen-bond donors (Lipinski definition) is 2. The van der Waals surface area contributed by atoms with Crippen LogP contribution in [0.5, 0.6) is 0 Å². The number of aromatic nitrogens is 2. The number of carbonyl (C=O) groups excluding carboxylic acids is 1. The van der Waals surface area contributed by atoms with Crippen LogP contribution in [0.4, 0.5) is 4.39 Å². The lowest BCUT2D eigenvalue weighted by Gasteiger charge is -2.26. The molecule has 0 saturated carbocycles. The second-order valence-electron chi connectivity index (χ2n) is 5.05. The molecule has 8 heteroatoms. The van der Waals surface area contributed by atoms with Gasteiger partial charge in [0.25, 0.3) is 0 Å². The highest BCUT2D eigenvalue weighted by molar-refractivity contribution is 5.85. The van der Waals surface area contributed by atoms with Crippen molar-refractivity contribution in [2.24, 2.45) is 5.92 Å². The highest BCUT2D eigenvalue weighted by atomic mass is 35.5. The van der Waals surface area contributed by atoms with E-state index in [4.69, 9.17) is 4.52 Å². The minimum Gasteiger partial charge on any atom is -0.344 e. The fraction of sp³-hybridized carbons (Fsp3) is 0.357. The van der Waals surface area contributed by atoms with Gasteiger partial charge in [0.2, 0.25) is 17.6 Å². The maximum Gasteiger partial charge on any atom is 0.249 e. The van der Waals surface area contributed by atoms with Crippen molar-refractivity contribution in [3.63, 3.8) is 0 Å². The van der Waals surface area contributed by atoms with Gasteiger partial charge in [0.1, 0.15) is 11.9 Å². The SMILES string of the molecule is CC(NC(=O)C1CNC1)c1nc(-c2cccc(F)c2)no1.Cl.